The molecule has 1 aromatic carbocycles. The van der Waals surface area contributed by atoms with Gasteiger partial charge in [0.1, 0.15) is 0 Å². The van der Waals surface area contributed by atoms with Crippen LogP contribution in [0.3, 0.4) is 0 Å². The summed E-state index contributed by atoms with van der Waals surface area (Å²) < 4.78 is 5.40. The average molecular weight is 315 g/mol. The van der Waals surface area contributed by atoms with Gasteiger partial charge in [0.15, 0.2) is 6.61 Å². The topological polar surface area (TPSA) is 55.4 Å². The van der Waals surface area contributed by atoms with Crippen molar-refractivity contribution < 1.29 is 14.3 Å². The maximum absolute atomic E-state index is 12.7. The first-order valence-electron chi connectivity index (χ1n) is 8.64. The summed E-state index contributed by atoms with van der Waals surface area (Å²) in [6.45, 7) is 1.84. The Morgan fingerprint density at radius 2 is 1.87 bits per heavy atom. The summed E-state index contributed by atoms with van der Waals surface area (Å²) in [6.07, 6.45) is 6.01. The molecular weight excluding hydrogens is 290 g/mol. The van der Waals surface area contributed by atoms with E-state index in [0.717, 1.165) is 31.2 Å². The van der Waals surface area contributed by atoms with Crippen molar-refractivity contribution in [1.82, 2.24) is 5.32 Å². The molecule has 0 spiro atoms. The van der Waals surface area contributed by atoms with Crippen LogP contribution >= 0.6 is 0 Å². The Bertz CT molecular complexity index is 559. The van der Waals surface area contributed by atoms with Gasteiger partial charge >= 0.3 is 5.97 Å². The molecule has 0 radical (unpaired) electrons. The third kappa shape index (κ3) is 3.57. The lowest BCUT2D eigenvalue weighted by Gasteiger charge is -2.27. The van der Waals surface area contributed by atoms with Crippen LogP contribution in [-0.2, 0) is 19.7 Å². The molecule has 124 valence electrons. The van der Waals surface area contributed by atoms with E-state index in [2.05, 4.69) is 5.32 Å². The fraction of sp³-hybridized carbons (Fsp3) is 0.579. The van der Waals surface area contributed by atoms with Crippen LogP contribution in [0.5, 0.6) is 0 Å². The number of benzene rings is 1. The smallest absolute Gasteiger partial charge is 0.317 e. The van der Waals surface area contributed by atoms with Gasteiger partial charge in [-0.25, -0.2) is 0 Å². The number of nitrogens with one attached hydrogen (secondary N) is 1. The van der Waals surface area contributed by atoms with Gasteiger partial charge in [-0.2, -0.15) is 0 Å². The predicted molar refractivity (Wildman–Crippen MR) is 87.9 cm³/mol. The van der Waals surface area contributed by atoms with Crippen LogP contribution in [0.4, 0.5) is 0 Å². The summed E-state index contributed by atoms with van der Waals surface area (Å²) >= 11 is 0. The van der Waals surface area contributed by atoms with E-state index in [-0.39, 0.29) is 24.5 Å². The second-order valence-electron chi connectivity index (χ2n) is 6.92. The van der Waals surface area contributed by atoms with Crippen LogP contribution in [0.15, 0.2) is 30.3 Å². The third-order valence-electron chi connectivity index (χ3n) is 5.23. The zero-order valence-corrected chi connectivity index (χ0v) is 13.7. The SMILES string of the molecule is C[C@H](NC(=O)COC(=O)C1(c2ccccc2)CCCC1)C1CC1. The summed E-state index contributed by atoms with van der Waals surface area (Å²) in [6, 6.07) is 10.0. The van der Waals surface area contributed by atoms with Crippen molar-refractivity contribution in [3.8, 4) is 0 Å². The van der Waals surface area contributed by atoms with Gasteiger partial charge in [0, 0.05) is 6.04 Å². The van der Waals surface area contributed by atoms with Gasteiger partial charge in [0.05, 0.1) is 5.41 Å². The largest absolute Gasteiger partial charge is 0.455 e. The maximum atomic E-state index is 12.7. The van der Waals surface area contributed by atoms with Gasteiger partial charge in [0.25, 0.3) is 5.91 Å². The van der Waals surface area contributed by atoms with E-state index in [1.165, 1.54) is 12.8 Å². The highest BCUT2D eigenvalue weighted by molar-refractivity contribution is 5.86. The molecule has 0 saturated heterocycles. The van der Waals surface area contributed by atoms with Gasteiger partial charge in [-0.05, 0) is 44.1 Å². The Labute approximate surface area is 137 Å². The van der Waals surface area contributed by atoms with E-state index >= 15 is 0 Å². The van der Waals surface area contributed by atoms with Crippen LogP contribution in [-0.4, -0.2) is 24.5 Å². The van der Waals surface area contributed by atoms with Gasteiger partial charge in [-0.15, -0.1) is 0 Å². The molecule has 4 heteroatoms. The normalized spacial score (nSPS) is 20.7. The molecule has 0 aliphatic heterocycles. The number of hydrogen-bond donors (Lipinski definition) is 1. The summed E-state index contributed by atoms with van der Waals surface area (Å²) in [5, 5.41) is 2.92. The first-order valence-corrected chi connectivity index (χ1v) is 8.64. The fourth-order valence-electron chi connectivity index (χ4n) is 3.63. The molecule has 1 atom stereocenters. The summed E-state index contributed by atoms with van der Waals surface area (Å²) in [7, 11) is 0. The first-order chi connectivity index (χ1) is 11.1. The molecule has 0 heterocycles. The van der Waals surface area contributed by atoms with E-state index in [4.69, 9.17) is 4.74 Å². The van der Waals surface area contributed by atoms with Crippen LogP contribution in [0.1, 0.15) is 51.0 Å². The Balaban J connectivity index is 1.60. The van der Waals surface area contributed by atoms with Crippen LogP contribution in [0.2, 0.25) is 0 Å². The summed E-state index contributed by atoms with van der Waals surface area (Å²) in [5.74, 6) is 0.148. The minimum Gasteiger partial charge on any atom is -0.455 e. The molecule has 1 aromatic rings. The highest BCUT2D eigenvalue weighted by Crippen LogP contribution is 2.42. The summed E-state index contributed by atoms with van der Waals surface area (Å²) in [5.41, 5.74) is 0.443. The van der Waals surface area contributed by atoms with E-state index in [0.29, 0.717) is 5.92 Å². The van der Waals surface area contributed by atoms with Crippen LogP contribution < -0.4 is 5.32 Å². The molecule has 1 amide bonds. The molecular formula is C19H25NO3. The van der Waals surface area contributed by atoms with Crippen molar-refractivity contribution >= 4 is 11.9 Å². The summed E-state index contributed by atoms with van der Waals surface area (Å²) in [4.78, 5) is 24.7. The first kappa shape index (κ1) is 16.0. The highest BCUT2D eigenvalue weighted by atomic mass is 16.5. The molecule has 0 aromatic heterocycles. The van der Waals surface area contributed by atoms with E-state index < -0.39 is 5.41 Å². The molecule has 1 N–H and O–H groups in total. The van der Waals surface area contributed by atoms with Crippen molar-refractivity contribution in [3.05, 3.63) is 35.9 Å². The minimum atomic E-state index is -0.566. The number of rotatable bonds is 6. The Kier molecular flexibility index (Phi) is 4.69. The zero-order valence-electron chi connectivity index (χ0n) is 13.7. The maximum Gasteiger partial charge on any atom is 0.317 e. The molecule has 23 heavy (non-hydrogen) atoms. The van der Waals surface area contributed by atoms with Crippen LogP contribution in [0, 0.1) is 5.92 Å². The average Bonchev–Trinajstić information content (AvgIpc) is 3.30. The van der Waals surface area contributed by atoms with E-state index in [1.54, 1.807) is 0 Å². The lowest BCUT2D eigenvalue weighted by Crippen LogP contribution is -2.40. The number of carbonyl (C=O) groups excluding carboxylic acids is 2. The van der Waals surface area contributed by atoms with Gasteiger partial charge in [-0.1, -0.05) is 43.2 Å². The van der Waals surface area contributed by atoms with Crippen molar-refractivity contribution in [3.63, 3.8) is 0 Å². The molecule has 2 aliphatic carbocycles. The number of carbonyl (C=O) groups is 2. The standard InChI is InChI=1S/C19H25NO3/c1-14(15-9-10-15)20-17(21)13-23-18(22)19(11-5-6-12-19)16-7-3-2-4-8-16/h2-4,7-8,14-15H,5-6,9-13H2,1H3,(H,20,21)/t14-/m0/s1. The highest BCUT2D eigenvalue weighted by Gasteiger charge is 2.44. The molecule has 3 rings (SSSR count). The molecule has 2 aliphatic rings. The Morgan fingerprint density at radius 1 is 1.22 bits per heavy atom. The second kappa shape index (κ2) is 6.73. The molecule has 0 unspecified atom stereocenters. The van der Waals surface area contributed by atoms with Gasteiger partial charge < -0.3 is 10.1 Å². The van der Waals surface area contributed by atoms with Crippen molar-refractivity contribution in [2.45, 2.75) is 56.9 Å². The van der Waals surface area contributed by atoms with Gasteiger partial charge in [-0.3, -0.25) is 9.59 Å². The lowest BCUT2D eigenvalue weighted by atomic mass is 9.79. The van der Waals surface area contributed by atoms with Crippen molar-refractivity contribution in [2.24, 2.45) is 5.92 Å². The molecule has 2 saturated carbocycles. The molecule has 2 fully saturated rings. The zero-order chi connectivity index (χ0) is 16.3. The monoisotopic (exact) mass is 315 g/mol. The lowest BCUT2D eigenvalue weighted by molar-refractivity contribution is -0.154. The Hall–Kier alpha value is -1.84. The van der Waals surface area contributed by atoms with Crippen LogP contribution in [0.25, 0.3) is 0 Å². The number of ether oxygens (including phenoxy) is 1. The minimum absolute atomic E-state index is 0.176. The third-order valence-corrected chi connectivity index (χ3v) is 5.23. The van der Waals surface area contributed by atoms with Crippen molar-refractivity contribution in [2.75, 3.05) is 6.61 Å². The van der Waals surface area contributed by atoms with Gasteiger partial charge in [0.2, 0.25) is 0 Å². The quantitative estimate of drug-likeness (QED) is 0.821. The number of esters is 1. The molecule has 0 bridgehead atoms. The van der Waals surface area contributed by atoms with E-state index in [9.17, 15) is 9.59 Å². The number of amides is 1. The predicted octanol–water partition coefficient (Wildman–Crippen LogP) is 2.96. The number of hydrogen-bond acceptors (Lipinski definition) is 3. The second-order valence-corrected chi connectivity index (χ2v) is 6.92. The fourth-order valence-corrected chi connectivity index (χ4v) is 3.63. The Morgan fingerprint density at radius 3 is 2.48 bits per heavy atom. The van der Waals surface area contributed by atoms with Crippen molar-refractivity contribution in [1.29, 1.82) is 0 Å². The van der Waals surface area contributed by atoms with E-state index in [1.807, 2.05) is 37.3 Å². The molecule has 4 nitrogen and oxygen atoms in total.